The van der Waals surface area contributed by atoms with Crippen LogP contribution in [0.2, 0.25) is 0 Å². The number of benzene rings is 1. The molecule has 0 aliphatic rings. The zero-order valence-electron chi connectivity index (χ0n) is 13.7. The van der Waals surface area contributed by atoms with E-state index in [0.29, 0.717) is 11.6 Å². The Morgan fingerprint density at radius 3 is 2.79 bits per heavy atom. The van der Waals surface area contributed by atoms with Crippen molar-refractivity contribution in [2.24, 2.45) is 7.05 Å². The number of carbonyl (C=O) groups excluding carboxylic acids is 1. The lowest BCUT2D eigenvalue weighted by atomic mass is 10.2. The molecule has 124 valence electrons. The summed E-state index contributed by atoms with van der Waals surface area (Å²) < 4.78 is 6.98. The Labute approximate surface area is 139 Å². The number of aromatic nitrogens is 4. The Hall–Kier alpha value is -2.96. The molecule has 2 aromatic heterocycles. The maximum Gasteiger partial charge on any atom is 0.273 e. The lowest BCUT2D eigenvalue weighted by Crippen LogP contribution is -2.24. The topological polar surface area (TPSA) is 85.8 Å². The molecule has 1 N–H and O–H groups in total. The molecule has 0 fully saturated rings. The van der Waals surface area contributed by atoms with E-state index in [9.17, 15) is 4.79 Å². The van der Waals surface area contributed by atoms with Crippen LogP contribution in [0.3, 0.4) is 0 Å². The van der Waals surface area contributed by atoms with E-state index < -0.39 is 0 Å². The minimum atomic E-state index is -0.287. The standard InChI is InChI=1S/C17H19N5O2/c1-3-7-13-10-14(21-24-13)17(23)18-11-15-19-20-16(22(15)2)12-8-5-4-6-9-12/h4-6,8-10H,3,7,11H2,1-2H3,(H,18,23). The molecule has 0 bridgehead atoms. The lowest BCUT2D eigenvalue weighted by Gasteiger charge is -2.04. The van der Waals surface area contributed by atoms with Crippen LogP contribution in [0.25, 0.3) is 11.4 Å². The maximum absolute atomic E-state index is 12.1. The SMILES string of the molecule is CCCc1cc(C(=O)NCc2nnc(-c3ccccc3)n2C)no1. The summed E-state index contributed by atoms with van der Waals surface area (Å²) in [6, 6.07) is 11.5. The minimum absolute atomic E-state index is 0.269. The van der Waals surface area contributed by atoms with E-state index in [1.807, 2.05) is 48.9 Å². The summed E-state index contributed by atoms with van der Waals surface area (Å²) in [5.74, 6) is 1.85. The van der Waals surface area contributed by atoms with Crippen LogP contribution in [0.5, 0.6) is 0 Å². The van der Waals surface area contributed by atoms with Gasteiger partial charge in [-0.05, 0) is 6.42 Å². The van der Waals surface area contributed by atoms with Crippen molar-refractivity contribution in [3.8, 4) is 11.4 Å². The van der Waals surface area contributed by atoms with Gasteiger partial charge in [-0.1, -0.05) is 42.4 Å². The average Bonchev–Trinajstić information content (AvgIpc) is 3.21. The summed E-state index contributed by atoms with van der Waals surface area (Å²) >= 11 is 0. The van der Waals surface area contributed by atoms with Gasteiger partial charge < -0.3 is 14.4 Å². The van der Waals surface area contributed by atoms with Crippen molar-refractivity contribution in [1.82, 2.24) is 25.2 Å². The Kier molecular flexibility index (Phi) is 4.69. The van der Waals surface area contributed by atoms with E-state index in [1.165, 1.54) is 0 Å². The zero-order valence-corrected chi connectivity index (χ0v) is 13.7. The van der Waals surface area contributed by atoms with Crippen molar-refractivity contribution < 1.29 is 9.32 Å². The van der Waals surface area contributed by atoms with Gasteiger partial charge in [0.05, 0.1) is 6.54 Å². The van der Waals surface area contributed by atoms with Gasteiger partial charge in [0.2, 0.25) is 0 Å². The molecular formula is C17H19N5O2. The fourth-order valence-corrected chi connectivity index (χ4v) is 2.39. The van der Waals surface area contributed by atoms with Gasteiger partial charge in [0.1, 0.15) is 5.76 Å². The van der Waals surface area contributed by atoms with Gasteiger partial charge in [-0.15, -0.1) is 10.2 Å². The fraction of sp³-hybridized carbons (Fsp3) is 0.294. The van der Waals surface area contributed by atoms with Gasteiger partial charge in [0.15, 0.2) is 17.3 Å². The van der Waals surface area contributed by atoms with Crippen LogP contribution >= 0.6 is 0 Å². The van der Waals surface area contributed by atoms with Crippen LogP contribution < -0.4 is 5.32 Å². The molecule has 0 aliphatic carbocycles. The molecule has 7 heteroatoms. The highest BCUT2D eigenvalue weighted by molar-refractivity contribution is 5.92. The van der Waals surface area contributed by atoms with Gasteiger partial charge in [-0.25, -0.2) is 0 Å². The predicted molar refractivity (Wildman–Crippen MR) is 88.1 cm³/mol. The molecule has 24 heavy (non-hydrogen) atoms. The Morgan fingerprint density at radius 1 is 1.25 bits per heavy atom. The van der Waals surface area contributed by atoms with Crippen LogP contribution in [0.15, 0.2) is 40.9 Å². The van der Waals surface area contributed by atoms with E-state index in [2.05, 4.69) is 20.7 Å². The van der Waals surface area contributed by atoms with Gasteiger partial charge >= 0.3 is 0 Å². The van der Waals surface area contributed by atoms with E-state index in [-0.39, 0.29) is 18.1 Å². The third-order valence-electron chi connectivity index (χ3n) is 3.69. The Bertz CT molecular complexity index is 823. The molecule has 0 radical (unpaired) electrons. The van der Waals surface area contributed by atoms with Gasteiger partial charge in [-0.2, -0.15) is 0 Å². The number of carbonyl (C=O) groups is 1. The second-order valence-corrected chi connectivity index (χ2v) is 5.48. The molecule has 0 atom stereocenters. The highest BCUT2D eigenvalue weighted by Crippen LogP contribution is 2.16. The van der Waals surface area contributed by atoms with Crippen LogP contribution in [-0.2, 0) is 20.0 Å². The van der Waals surface area contributed by atoms with Crippen LogP contribution in [0, 0.1) is 0 Å². The first kappa shape index (κ1) is 15.9. The summed E-state index contributed by atoms with van der Waals surface area (Å²) in [5.41, 5.74) is 1.26. The predicted octanol–water partition coefficient (Wildman–Crippen LogP) is 2.35. The highest BCUT2D eigenvalue weighted by Gasteiger charge is 2.15. The zero-order chi connectivity index (χ0) is 16.9. The number of aryl methyl sites for hydroxylation is 1. The number of nitrogens with one attached hydrogen (secondary N) is 1. The molecule has 1 aromatic carbocycles. The Balaban J connectivity index is 1.66. The van der Waals surface area contributed by atoms with Crippen molar-refractivity contribution in [1.29, 1.82) is 0 Å². The summed E-state index contributed by atoms with van der Waals surface area (Å²) in [4.78, 5) is 12.1. The van der Waals surface area contributed by atoms with Gasteiger partial charge in [-0.3, -0.25) is 4.79 Å². The van der Waals surface area contributed by atoms with Crippen molar-refractivity contribution in [2.45, 2.75) is 26.3 Å². The normalized spacial score (nSPS) is 10.8. The second kappa shape index (κ2) is 7.08. The number of hydrogen-bond acceptors (Lipinski definition) is 5. The summed E-state index contributed by atoms with van der Waals surface area (Å²) in [6.45, 7) is 2.31. The third-order valence-corrected chi connectivity index (χ3v) is 3.69. The smallest absolute Gasteiger partial charge is 0.273 e. The molecule has 2 heterocycles. The fourth-order valence-electron chi connectivity index (χ4n) is 2.39. The summed E-state index contributed by atoms with van der Waals surface area (Å²) in [7, 11) is 1.87. The Morgan fingerprint density at radius 2 is 2.04 bits per heavy atom. The molecule has 1 amide bonds. The van der Waals surface area contributed by atoms with Crippen molar-refractivity contribution in [3.63, 3.8) is 0 Å². The van der Waals surface area contributed by atoms with Crippen molar-refractivity contribution in [3.05, 3.63) is 53.7 Å². The van der Waals surface area contributed by atoms with Crippen LogP contribution in [-0.4, -0.2) is 25.8 Å². The van der Waals surface area contributed by atoms with Gasteiger partial charge in [0.25, 0.3) is 5.91 Å². The van der Waals surface area contributed by atoms with E-state index in [1.54, 1.807) is 6.07 Å². The number of hydrogen-bond donors (Lipinski definition) is 1. The molecule has 0 spiro atoms. The summed E-state index contributed by atoms with van der Waals surface area (Å²) in [6.07, 6.45) is 1.71. The van der Waals surface area contributed by atoms with Crippen molar-refractivity contribution in [2.75, 3.05) is 0 Å². The molecule has 0 saturated heterocycles. The first-order valence-electron chi connectivity index (χ1n) is 7.86. The molecule has 0 saturated carbocycles. The molecule has 3 rings (SSSR count). The van der Waals surface area contributed by atoms with E-state index in [0.717, 1.165) is 24.2 Å². The van der Waals surface area contributed by atoms with E-state index in [4.69, 9.17) is 4.52 Å². The molecule has 7 nitrogen and oxygen atoms in total. The molecular weight excluding hydrogens is 306 g/mol. The first-order chi connectivity index (χ1) is 11.7. The summed E-state index contributed by atoms with van der Waals surface area (Å²) in [5, 5.41) is 14.9. The third kappa shape index (κ3) is 3.34. The van der Waals surface area contributed by atoms with Crippen LogP contribution in [0.4, 0.5) is 0 Å². The number of nitrogens with zero attached hydrogens (tertiary/aromatic N) is 4. The second-order valence-electron chi connectivity index (χ2n) is 5.48. The van der Waals surface area contributed by atoms with Crippen molar-refractivity contribution >= 4 is 5.91 Å². The average molecular weight is 325 g/mol. The number of amides is 1. The van der Waals surface area contributed by atoms with Crippen LogP contribution in [0.1, 0.15) is 35.4 Å². The van der Waals surface area contributed by atoms with Gasteiger partial charge in [0, 0.05) is 25.1 Å². The first-order valence-corrected chi connectivity index (χ1v) is 7.86. The maximum atomic E-state index is 12.1. The molecule has 3 aromatic rings. The minimum Gasteiger partial charge on any atom is -0.361 e. The molecule has 0 unspecified atom stereocenters. The highest BCUT2D eigenvalue weighted by atomic mass is 16.5. The van der Waals surface area contributed by atoms with E-state index >= 15 is 0 Å². The lowest BCUT2D eigenvalue weighted by molar-refractivity contribution is 0.0940. The largest absolute Gasteiger partial charge is 0.361 e. The number of rotatable bonds is 6. The molecule has 0 aliphatic heterocycles. The monoisotopic (exact) mass is 325 g/mol. The quantitative estimate of drug-likeness (QED) is 0.752.